The van der Waals surface area contributed by atoms with Crippen molar-refractivity contribution in [2.24, 2.45) is 0 Å². The summed E-state index contributed by atoms with van der Waals surface area (Å²) < 4.78 is 5.52. The predicted molar refractivity (Wildman–Crippen MR) is 143 cm³/mol. The Morgan fingerprint density at radius 2 is 1.65 bits per heavy atom. The van der Waals surface area contributed by atoms with Crippen LogP contribution >= 0.6 is 35.4 Å². The second-order valence-electron chi connectivity index (χ2n) is 8.81. The Kier molecular flexibility index (Phi) is 7.54. The fourth-order valence-corrected chi connectivity index (χ4v) is 5.46. The zero-order chi connectivity index (χ0) is 23.5. The minimum atomic E-state index is -0.0849. The van der Waals surface area contributed by atoms with Crippen LogP contribution in [0.4, 0.5) is 0 Å². The van der Waals surface area contributed by atoms with Crippen molar-refractivity contribution < 1.29 is 4.74 Å². The van der Waals surface area contributed by atoms with Crippen molar-refractivity contribution in [2.75, 3.05) is 52.5 Å². The van der Waals surface area contributed by atoms with Crippen LogP contribution in [0.1, 0.15) is 17.2 Å². The Morgan fingerprint density at radius 3 is 2.41 bits per heavy atom. The zero-order valence-corrected chi connectivity index (χ0v) is 21.2. The first-order valence-electron chi connectivity index (χ1n) is 11.6. The highest BCUT2D eigenvalue weighted by Gasteiger charge is 2.34. The molecule has 1 atom stereocenters. The van der Waals surface area contributed by atoms with Gasteiger partial charge in [0.2, 0.25) is 0 Å². The molecule has 0 spiro atoms. The molecule has 0 radical (unpaired) electrons. The third-order valence-electron chi connectivity index (χ3n) is 6.58. The van der Waals surface area contributed by atoms with Gasteiger partial charge in [0, 0.05) is 55.0 Å². The van der Waals surface area contributed by atoms with Crippen molar-refractivity contribution >= 4 is 46.6 Å². The number of hydrogen-bond acceptors (Lipinski definition) is 4. The lowest BCUT2D eigenvalue weighted by Crippen LogP contribution is -2.51. The van der Waals surface area contributed by atoms with Crippen molar-refractivity contribution in [3.63, 3.8) is 0 Å². The van der Waals surface area contributed by atoms with Crippen LogP contribution in [0.25, 0.3) is 6.08 Å². The smallest absolute Gasteiger partial charge is 0.171 e. The monoisotopic (exact) mass is 514 g/mol. The summed E-state index contributed by atoms with van der Waals surface area (Å²) in [4.78, 5) is 4.97. The molecule has 0 aliphatic carbocycles. The number of nitrogens with zero attached hydrogens (tertiary/aromatic N) is 2. The molecule has 5 nitrogen and oxygen atoms in total. The lowest BCUT2D eigenvalue weighted by molar-refractivity contribution is 0.0339. The maximum absolute atomic E-state index is 6.63. The Labute approximate surface area is 216 Å². The quantitative estimate of drug-likeness (QED) is 0.572. The molecule has 34 heavy (non-hydrogen) atoms. The standard InChI is InChI=1S/C26H28Cl2N4OS/c27-22-7-3-1-5-18(22)15-19-16-32(10-9-31-11-13-33-14-12-31)17-21-24(19)29-26(34)30-25(21)20-6-2-4-8-23(20)28/h1-8,15,25H,9-14,16-17H2,(H2,29,30,34)/b19-15+. The van der Waals surface area contributed by atoms with Crippen molar-refractivity contribution in [1.29, 1.82) is 0 Å². The number of thiocarbonyl (C=S) groups is 1. The Hall–Kier alpha value is -1.93. The van der Waals surface area contributed by atoms with E-state index >= 15 is 0 Å². The fraction of sp³-hybridized carbons (Fsp3) is 0.346. The number of morpholine rings is 1. The van der Waals surface area contributed by atoms with E-state index in [0.717, 1.165) is 79.4 Å². The van der Waals surface area contributed by atoms with Crippen LogP contribution in [0.5, 0.6) is 0 Å². The lowest BCUT2D eigenvalue weighted by Gasteiger charge is -2.41. The van der Waals surface area contributed by atoms with Gasteiger partial charge in [-0.2, -0.15) is 0 Å². The fourth-order valence-electron chi connectivity index (χ4n) is 4.80. The topological polar surface area (TPSA) is 39.8 Å². The molecule has 1 saturated heterocycles. The first-order valence-corrected chi connectivity index (χ1v) is 12.8. The molecule has 0 aromatic heterocycles. The maximum Gasteiger partial charge on any atom is 0.171 e. The van der Waals surface area contributed by atoms with Gasteiger partial charge in [-0.25, -0.2) is 0 Å². The van der Waals surface area contributed by atoms with Crippen molar-refractivity contribution in [3.05, 3.63) is 86.5 Å². The minimum absolute atomic E-state index is 0.0849. The van der Waals surface area contributed by atoms with Gasteiger partial charge in [0.25, 0.3) is 0 Å². The van der Waals surface area contributed by atoms with Crippen LogP contribution in [0.2, 0.25) is 10.0 Å². The van der Waals surface area contributed by atoms with E-state index in [1.165, 1.54) is 11.1 Å². The number of nitrogens with one attached hydrogen (secondary N) is 2. The van der Waals surface area contributed by atoms with Gasteiger partial charge in [-0.15, -0.1) is 0 Å². The van der Waals surface area contributed by atoms with E-state index in [9.17, 15) is 0 Å². The van der Waals surface area contributed by atoms with Gasteiger partial charge in [0.1, 0.15) is 0 Å². The zero-order valence-electron chi connectivity index (χ0n) is 18.9. The van der Waals surface area contributed by atoms with E-state index in [2.05, 4.69) is 32.6 Å². The van der Waals surface area contributed by atoms with Crippen LogP contribution in [-0.2, 0) is 4.74 Å². The summed E-state index contributed by atoms with van der Waals surface area (Å²) in [6.07, 6.45) is 2.18. The molecule has 0 bridgehead atoms. The highest BCUT2D eigenvalue weighted by molar-refractivity contribution is 7.80. The Balaban J connectivity index is 1.51. The Morgan fingerprint density at radius 1 is 0.941 bits per heavy atom. The average molecular weight is 516 g/mol. The van der Waals surface area contributed by atoms with E-state index < -0.39 is 0 Å². The van der Waals surface area contributed by atoms with Crippen LogP contribution in [-0.4, -0.2) is 67.4 Å². The summed E-state index contributed by atoms with van der Waals surface area (Å²) >= 11 is 18.8. The number of hydrogen-bond donors (Lipinski definition) is 2. The van der Waals surface area contributed by atoms with Gasteiger partial charge in [0.05, 0.1) is 19.3 Å². The SMILES string of the molecule is S=C1NC2=C(CN(CCN3CCOCC3)C/C2=C\c2ccccc2Cl)C(c2ccccc2Cl)N1. The normalized spacial score (nSPS) is 22.9. The Bertz CT molecular complexity index is 1130. The van der Waals surface area contributed by atoms with Gasteiger partial charge < -0.3 is 15.4 Å². The summed E-state index contributed by atoms with van der Waals surface area (Å²) in [7, 11) is 0. The summed E-state index contributed by atoms with van der Waals surface area (Å²) in [5, 5.41) is 8.99. The molecule has 2 aromatic rings. The van der Waals surface area contributed by atoms with Gasteiger partial charge in [0.15, 0.2) is 5.11 Å². The van der Waals surface area contributed by atoms with Crippen LogP contribution < -0.4 is 10.6 Å². The third-order valence-corrected chi connectivity index (χ3v) is 7.49. The molecule has 3 aliphatic rings. The molecule has 8 heteroatoms. The number of ether oxygens (including phenoxy) is 1. The maximum atomic E-state index is 6.63. The second-order valence-corrected chi connectivity index (χ2v) is 10.0. The molecule has 5 rings (SSSR count). The van der Waals surface area contributed by atoms with Crippen molar-refractivity contribution in [3.8, 4) is 0 Å². The minimum Gasteiger partial charge on any atom is -0.379 e. The largest absolute Gasteiger partial charge is 0.379 e. The van der Waals surface area contributed by atoms with Gasteiger partial charge in [-0.1, -0.05) is 59.6 Å². The highest BCUT2D eigenvalue weighted by atomic mass is 35.5. The van der Waals surface area contributed by atoms with Gasteiger partial charge in [-0.05, 0) is 52.7 Å². The van der Waals surface area contributed by atoms with E-state index in [-0.39, 0.29) is 6.04 Å². The molecular weight excluding hydrogens is 487 g/mol. The number of rotatable bonds is 5. The molecule has 3 heterocycles. The first-order chi connectivity index (χ1) is 16.6. The molecule has 2 aromatic carbocycles. The van der Waals surface area contributed by atoms with Gasteiger partial charge in [-0.3, -0.25) is 9.80 Å². The molecule has 1 unspecified atom stereocenters. The van der Waals surface area contributed by atoms with E-state index in [1.54, 1.807) is 0 Å². The number of halogens is 2. The van der Waals surface area contributed by atoms with E-state index in [1.807, 2.05) is 42.5 Å². The van der Waals surface area contributed by atoms with Gasteiger partial charge >= 0.3 is 0 Å². The lowest BCUT2D eigenvalue weighted by atomic mass is 9.89. The van der Waals surface area contributed by atoms with Crippen molar-refractivity contribution in [2.45, 2.75) is 6.04 Å². The van der Waals surface area contributed by atoms with Crippen molar-refractivity contribution in [1.82, 2.24) is 20.4 Å². The number of benzene rings is 2. The second kappa shape index (κ2) is 10.8. The van der Waals surface area contributed by atoms with Crippen LogP contribution in [0.3, 0.4) is 0 Å². The summed E-state index contributed by atoms with van der Waals surface area (Å²) in [6.45, 7) is 7.24. The molecule has 0 amide bonds. The third kappa shape index (κ3) is 5.33. The summed E-state index contributed by atoms with van der Waals surface area (Å²) in [5.41, 5.74) is 5.54. The molecule has 1 fully saturated rings. The predicted octanol–water partition coefficient (Wildman–Crippen LogP) is 4.50. The molecule has 2 N–H and O–H groups in total. The first kappa shape index (κ1) is 23.8. The average Bonchev–Trinajstić information content (AvgIpc) is 2.85. The molecule has 178 valence electrons. The van der Waals surface area contributed by atoms with Crippen LogP contribution in [0, 0.1) is 0 Å². The van der Waals surface area contributed by atoms with E-state index in [4.69, 9.17) is 40.2 Å². The molecular formula is C26H28Cl2N4OS. The molecule has 0 saturated carbocycles. The van der Waals surface area contributed by atoms with E-state index in [0.29, 0.717) is 5.11 Å². The van der Waals surface area contributed by atoms with Crippen LogP contribution in [0.15, 0.2) is 65.4 Å². The highest BCUT2D eigenvalue weighted by Crippen LogP contribution is 2.37. The summed E-state index contributed by atoms with van der Waals surface area (Å²) in [6, 6.07) is 15.8. The molecule has 3 aliphatic heterocycles. The summed E-state index contributed by atoms with van der Waals surface area (Å²) in [5.74, 6) is 0.